The molecule has 2 aromatic rings. The molecular weight excluding hydrogens is 238 g/mol. The van der Waals surface area contributed by atoms with Crippen LogP contribution in [0, 0.1) is 0 Å². The third-order valence-corrected chi connectivity index (χ3v) is 3.54. The Morgan fingerprint density at radius 2 is 2.16 bits per heavy atom. The largest absolute Gasteiger partial charge is 0.338 e. The van der Waals surface area contributed by atoms with E-state index < -0.39 is 0 Å². The zero-order valence-electron chi connectivity index (χ0n) is 12.2. The first-order valence-corrected chi connectivity index (χ1v) is 6.89. The van der Waals surface area contributed by atoms with Crippen molar-refractivity contribution >= 4 is 0 Å². The van der Waals surface area contributed by atoms with E-state index >= 15 is 0 Å². The normalized spacial score (nSPS) is 12.8. The van der Waals surface area contributed by atoms with Crippen molar-refractivity contribution < 1.29 is 0 Å². The second-order valence-corrected chi connectivity index (χ2v) is 4.73. The minimum Gasteiger partial charge on any atom is -0.338 e. The van der Waals surface area contributed by atoms with E-state index in [1.807, 2.05) is 26.5 Å². The van der Waals surface area contributed by atoms with E-state index in [2.05, 4.69) is 44.6 Å². The first-order valence-electron chi connectivity index (χ1n) is 6.89. The van der Waals surface area contributed by atoms with Crippen molar-refractivity contribution in [1.29, 1.82) is 0 Å². The van der Waals surface area contributed by atoms with Crippen LogP contribution in [0.5, 0.6) is 0 Å². The first kappa shape index (κ1) is 13.8. The third-order valence-electron chi connectivity index (χ3n) is 3.54. The van der Waals surface area contributed by atoms with Crippen molar-refractivity contribution in [3.63, 3.8) is 0 Å². The van der Waals surface area contributed by atoms with Crippen molar-refractivity contribution in [2.45, 2.75) is 39.3 Å². The number of hydrogen-bond donors (Lipinski definition) is 1. The lowest BCUT2D eigenvalue weighted by Gasteiger charge is -2.17. The van der Waals surface area contributed by atoms with Crippen LogP contribution in [0.2, 0.25) is 0 Å². The molecule has 5 heteroatoms. The van der Waals surface area contributed by atoms with Gasteiger partial charge in [-0.25, -0.2) is 4.98 Å². The number of aryl methyl sites for hydroxylation is 3. The molecule has 0 radical (unpaired) electrons. The van der Waals surface area contributed by atoms with E-state index in [9.17, 15) is 0 Å². The summed E-state index contributed by atoms with van der Waals surface area (Å²) in [6.45, 7) is 5.16. The highest BCUT2D eigenvalue weighted by Gasteiger charge is 2.18. The second-order valence-electron chi connectivity index (χ2n) is 4.73. The standard InChI is InChI=1S/C14H23N5/c1-5-11-9-13(19(6-2)17-11)12(15-3)10-14-16-7-8-18(14)4/h7-9,12,15H,5-6,10H2,1-4H3. The van der Waals surface area contributed by atoms with Crippen LogP contribution in [0.15, 0.2) is 18.5 Å². The van der Waals surface area contributed by atoms with E-state index in [0.29, 0.717) is 0 Å². The molecule has 5 nitrogen and oxygen atoms in total. The molecule has 2 heterocycles. The predicted molar refractivity (Wildman–Crippen MR) is 76.0 cm³/mol. The molecule has 0 bridgehead atoms. The molecule has 1 unspecified atom stereocenters. The minimum atomic E-state index is 0.244. The molecule has 2 rings (SSSR count). The zero-order chi connectivity index (χ0) is 13.8. The van der Waals surface area contributed by atoms with Gasteiger partial charge in [-0.3, -0.25) is 4.68 Å². The molecule has 0 aliphatic heterocycles. The number of rotatable bonds is 6. The minimum absolute atomic E-state index is 0.244. The highest BCUT2D eigenvalue weighted by atomic mass is 15.3. The van der Waals surface area contributed by atoms with Gasteiger partial charge in [-0.15, -0.1) is 0 Å². The summed E-state index contributed by atoms with van der Waals surface area (Å²) in [6, 6.07) is 2.45. The first-order chi connectivity index (χ1) is 9.19. The van der Waals surface area contributed by atoms with Crippen molar-refractivity contribution in [3.8, 4) is 0 Å². The molecular formula is C14H23N5. The summed E-state index contributed by atoms with van der Waals surface area (Å²) >= 11 is 0. The molecule has 0 aliphatic carbocycles. The summed E-state index contributed by atoms with van der Waals surface area (Å²) in [4.78, 5) is 4.40. The molecule has 104 valence electrons. The van der Waals surface area contributed by atoms with Gasteiger partial charge in [0.1, 0.15) is 5.82 Å². The van der Waals surface area contributed by atoms with Gasteiger partial charge in [0.25, 0.3) is 0 Å². The fourth-order valence-electron chi connectivity index (χ4n) is 2.32. The summed E-state index contributed by atoms with van der Waals surface area (Å²) in [7, 11) is 4.02. The number of hydrogen-bond acceptors (Lipinski definition) is 3. The molecule has 2 aromatic heterocycles. The van der Waals surface area contributed by atoms with Crippen LogP contribution in [-0.2, 0) is 26.4 Å². The Morgan fingerprint density at radius 1 is 1.37 bits per heavy atom. The van der Waals surface area contributed by atoms with Crippen LogP contribution in [0.1, 0.15) is 37.1 Å². The maximum Gasteiger partial charge on any atom is 0.110 e. The monoisotopic (exact) mass is 261 g/mol. The smallest absolute Gasteiger partial charge is 0.110 e. The lowest BCUT2D eigenvalue weighted by molar-refractivity contribution is 0.499. The number of nitrogens with one attached hydrogen (secondary N) is 1. The van der Waals surface area contributed by atoms with Crippen molar-refractivity contribution in [3.05, 3.63) is 35.7 Å². The number of nitrogens with zero attached hydrogens (tertiary/aromatic N) is 4. The molecule has 0 aliphatic rings. The van der Waals surface area contributed by atoms with Crippen molar-refractivity contribution in [2.24, 2.45) is 7.05 Å². The topological polar surface area (TPSA) is 47.7 Å². The fourth-order valence-corrected chi connectivity index (χ4v) is 2.32. The maximum absolute atomic E-state index is 4.62. The van der Waals surface area contributed by atoms with Gasteiger partial charge in [0.15, 0.2) is 0 Å². The number of imidazole rings is 1. The quantitative estimate of drug-likeness (QED) is 0.861. The lowest BCUT2D eigenvalue weighted by Crippen LogP contribution is -2.23. The van der Waals surface area contributed by atoms with Gasteiger partial charge >= 0.3 is 0 Å². The van der Waals surface area contributed by atoms with Gasteiger partial charge in [0.2, 0.25) is 0 Å². The lowest BCUT2D eigenvalue weighted by atomic mass is 10.1. The van der Waals surface area contributed by atoms with Gasteiger partial charge < -0.3 is 9.88 Å². The SMILES string of the molecule is CCc1cc(C(Cc2nccn2C)NC)n(CC)n1. The second kappa shape index (κ2) is 6.02. The third kappa shape index (κ3) is 2.87. The number of aromatic nitrogens is 4. The van der Waals surface area contributed by atoms with Crippen molar-refractivity contribution in [2.75, 3.05) is 7.05 Å². The van der Waals surface area contributed by atoms with Crippen LogP contribution in [0.3, 0.4) is 0 Å². The highest BCUT2D eigenvalue weighted by Crippen LogP contribution is 2.19. The van der Waals surface area contributed by atoms with Crippen LogP contribution in [0.4, 0.5) is 0 Å². The summed E-state index contributed by atoms with van der Waals surface area (Å²) < 4.78 is 4.15. The molecule has 0 fully saturated rings. The Bertz CT molecular complexity index is 526. The Balaban J connectivity index is 2.26. The highest BCUT2D eigenvalue weighted by molar-refractivity contribution is 5.16. The van der Waals surface area contributed by atoms with E-state index in [0.717, 1.165) is 30.9 Å². The van der Waals surface area contributed by atoms with Gasteiger partial charge in [-0.2, -0.15) is 5.10 Å². The molecule has 0 spiro atoms. The van der Waals surface area contributed by atoms with Crippen LogP contribution < -0.4 is 5.32 Å². The maximum atomic E-state index is 4.62. The van der Waals surface area contributed by atoms with Crippen LogP contribution >= 0.6 is 0 Å². The Labute approximate surface area is 114 Å². The summed E-state index contributed by atoms with van der Waals surface area (Å²) in [5.74, 6) is 1.08. The zero-order valence-corrected chi connectivity index (χ0v) is 12.2. The summed E-state index contributed by atoms with van der Waals surface area (Å²) in [5, 5.41) is 8.00. The average molecular weight is 261 g/mol. The Morgan fingerprint density at radius 3 is 2.68 bits per heavy atom. The molecule has 19 heavy (non-hydrogen) atoms. The Kier molecular flexibility index (Phi) is 4.37. The van der Waals surface area contributed by atoms with E-state index in [1.165, 1.54) is 5.69 Å². The van der Waals surface area contributed by atoms with Crippen LogP contribution in [0.25, 0.3) is 0 Å². The van der Waals surface area contributed by atoms with Crippen LogP contribution in [-0.4, -0.2) is 26.4 Å². The van der Waals surface area contributed by atoms with E-state index in [1.54, 1.807) is 0 Å². The molecule has 1 atom stereocenters. The molecule has 1 N–H and O–H groups in total. The predicted octanol–water partition coefficient (Wildman–Crippen LogP) is 1.70. The van der Waals surface area contributed by atoms with Gasteiger partial charge in [-0.1, -0.05) is 6.92 Å². The molecule has 0 saturated carbocycles. The molecule has 0 amide bonds. The molecule has 0 saturated heterocycles. The van der Waals surface area contributed by atoms with Gasteiger partial charge in [0.05, 0.1) is 17.4 Å². The fraction of sp³-hybridized carbons (Fsp3) is 0.571. The van der Waals surface area contributed by atoms with Crippen molar-refractivity contribution in [1.82, 2.24) is 24.6 Å². The van der Waals surface area contributed by atoms with E-state index in [4.69, 9.17) is 0 Å². The molecule has 0 aromatic carbocycles. The van der Waals surface area contributed by atoms with Gasteiger partial charge in [0, 0.05) is 32.4 Å². The van der Waals surface area contributed by atoms with E-state index in [-0.39, 0.29) is 6.04 Å². The summed E-state index contributed by atoms with van der Waals surface area (Å²) in [5.41, 5.74) is 2.39. The Hall–Kier alpha value is -1.62. The van der Waals surface area contributed by atoms with Gasteiger partial charge in [-0.05, 0) is 26.5 Å². The summed E-state index contributed by atoms with van der Waals surface area (Å²) in [6.07, 6.45) is 5.67. The number of likely N-dealkylation sites (N-methyl/N-ethyl adjacent to an activating group) is 1. The average Bonchev–Trinajstić information content (AvgIpc) is 3.02.